The largest absolute Gasteiger partial charge is 0.369 e. The van der Waals surface area contributed by atoms with Gasteiger partial charge in [0.2, 0.25) is 5.91 Å². The molecule has 142 valence electrons. The van der Waals surface area contributed by atoms with Crippen molar-refractivity contribution in [2.45, 2.75) is 39.0 Å². The lowest BCUT2D eigenvalue weighted by Gasteiger charge is -2.31. The summed E-state index contributed by atoms with van der Waals surface area (Å²) in [7, 11) is 1.90. The van der Waals surface area contributed by atoms with Crippen LogP contribution in [0.4, 0.5) is 5.82 Å². The van der Waals surface area contributed by atoms with E-state index in [2.05, 4.69) is 39.1 Å². The maximum atomic E-state index is 11.4. The zero-order valence-electron chi connectivity index (χ0n) is 15.9. The van der Waals surface area contributed by atoms with E-state index in [1.54, 1.807) is 4.68 Å². The fourth-order valence-corrected chi connectivity index (χ4v) is 3.43. The SMILES string of the molecule is CC(C)c1nc(NCCCN2CCCC(C(N)=O)C2)c2cnn(C)c2n1. The van der Waals surface area contributed by atoms with Crippen LogP contribution in [0.5, 0.6) is 0 Å². The molecule has 8 heteroatoms. The van der Waals surface area contributed by atoms with Gasteiger partial charge in [0.1, 0.15) is 11.6 Å². The number of primary amides is 1. The van der Waals surface area contributed by atoms with Gasteiger partial charge in [0.25, 0.3) is 0 Å². The normalized spacial score (nSPS) is 18.5. The third-order valence-electron chi connectivity index (χ3n) is 4.98. The van der Waals surface area contributed by atoms with Crippen molar-refractivity contribution in [3.63, 3.8) is 0 Å². The Morgan fingerprint density at radius 1 is 1.42 bits per heavy atom. The Hall–Kier alpha value is -2.22. The van der Waals surface area contributed by atoms with E-state index >= 15 is 0 Å². The standard InChI is InChI=1S/C18H29N7O/c1-12(2)16-22-17(14-10-21-24(3)18(14)23-16)20-7-5-9-25-8-4-6-13(11-25)15(19)26/h10,12-13H,4-9,11H2,1-3H3,(H2,19,26)(H,20,22,23). The summed E-state index contributed by atoms with van der Waals surface area (Å²) in [6.07, 6.45) is 4.75. The van der Waals surface area contributed by atoms with Gasteiger partial charge in [-0.3, -0.25) is 9.48 Å². The molecule has 0 spiro atoms. The van der Waals surface area contributed by atoms with Crippen LogP contribution in [0.1, 0.15) is 44.9 Å². The van der Waals surface area contributed by atoms with E-state index in [4.69, 9.17) is 5.73 Å². The van der Waals surface area contributed by atoms with Gasteiger partial charge in [0, 0.05) is 26.1 Å². The number of anilines is 1. The van der Waals surface area contributed by atoms with E-state index in [1.807, 2.05) is 13.2 Å². The molecule has 0 radical (unpaired) electrons. The first-order valence-electron chi connectivity index (χ1n) is 9.41. The van der Waals surface area contributed by atoms with Crippen molar-refractivity contribution in [2.75, 3.05) is 31.5 Å². The van der Waals surface area contributed by atoms with Gasteiger partial charge in [0.05, 0.1) is 17.5 Å². The second kappa shape index (κ2) is 7.99. The number of fused-ring (bicyclic) bond motifs is 1. The predicted octanol–water partition coefficient (Wildman–Crippen LogP) is 1.49. The average molecular weight is 359 g/mol. The van der Waals surface area contributed by atoms with Crippen molar-refractivity contribution in [3.05, 3.63) is 12.0 Å². The molecule has 8 nitrogen and oxygen atoms in total. The fraction of sp³-hybridized carbons (Fsp3) is 0.667. The molecule has 1 unspecified atom stereocenters. The molecule has 3 heterocycles. The predicted molar refractivity (Wildman–Crippen MR) is 102 cm³/mol. The molecule has 1 aliphatic heterocycles. The van der Waals surface area contributed by atoms with E-state index in [-0.39, 0.29) is 17.7 Å². The van der Waals surface area contributed by atoms with Crippen molar-refractivity contribution in [3.8, 4) is 0 Å². The quantitative estimate of drug-likeness (QED) is 0.726. The molecule has 1 amide bonds. The van der Waals surface area contributed by atoms with Crippen molar-refractivity contribution >= 4 is 22.8 Å². The monoisotopic (exact) mass is 359 g/mol. The van der Waals surface area contributed by atoms with Gasteiger partial charge in [-0.25, -0.2) is 9.97 Å². The minimum Gasteiger partial charge on any atom is -0.369 e. The average Bonchev–Trinajstić information content (AvgIpc) is 3.00. The second-order valence-corrected chi connectivity index (χ2v) is 7.41. The highest BCUT2D eigenvalue weighted by Gasteiger charge is 2.23. The molecule has 0 saturated carbocycles. The number of piperidine rings is 1. The van der Waals surface area contributed by atoms with E-state index in [0.717, 1.165) is 68.1 Å². The first-order chi connectivity index (χ1) is 12.5. The van der Waals surface area contributed by atoms with Crippen LogP contribution in [0.15, 0.2) is 6.20 Å². The highest BCUT2D eigenvalue weighted by Crippen LogP contribution is 2.22. The molecule has 1 saturated heterocycles. The van der Waals surface area contributed by atoms with Crippen LogP contribution in [-0.4, -0.2) is 56.7 Å². The summed E-state index contributed by atoms with van der Waals surface area (Å²) in [5.41, 5.74) is 6.31. The van der Waals surface area contributed by atoms with Crippen LogP contribution >= 0.6 is 0 Å². The van der Waals surface area contributed by atoms with E-state index in [0.29, 0.717) is 0 Å². The summed E-state index contributed by atoms with van der Waals surface area (Å²) in [5, 5.41) is 8.70. The number of carbonyl (C=O) groups is 1. The summed E-state index contributed by atoms with van der Waals surface area (Å²) >= 11 is 0. The number of nitrogens with zero attached hydrogens (tertiary/aromatic N) is 5. The first kappa shape index (κ1) is 18.6. The Bertz CT molecular complexity index is 770. The van der Waals surface area contributed by atoms with Gasteiger partial charge in [-0.2, -0.15) is 5.10 Å². The number of likely N-dealkylation sites (tertiary alicyclic amines) is 1. The minimum atomic E-state index is -0.172. The van der Waals surface area contributed by atoms with E-state index in [1.165, 1.54) is 0 Å². The van der Waals surface area contributed by atoms with Crippen LogP contribution in [0.2, 0.25) is 0 Å². The van der Waals surface area contributed by atoms with Crippen LogP contribution in [0.25, 0.3) is 11.0 Å². The summed E-state index contributed by atoms with van der Waals surface area (Å²) in [4.78, 5) is 23.0. The molecule has 3 N–H and O–H groups in total. The van der Waals surface area contributed by atoms with Gasteiger partial charge in [-0.05, 0) is 32.4 Å². The van der Waals surface area contributed by atoms with Gasteiger partial charge < -0.3 is 16.0 Å². The molecule has 2 aromatic rings. The number of rotatable bonds is 7. The molecular formula is C18H29N7O. The lowest BCUT2D eigenvalue weighted by atomic mass is 9.97. The maximum Gasteiger partial charge on any atom is 0.221 e. The van der Waals surface area contributed by atoms with Crippen LogP contribution < -0.4 is 11.1 Å². The molecule has 0 aromatic carbocycles. The van der Waals surface area contributed by atoms with Crippen LogP contribution in [0, 0.1) is 5.92 Å². The molecule has 26 heavy (non-hydrogen) atoms. The third-order valence-corrected chi connectivity index (χ3v) is 4.98. The number of hydrogen-bond acceptors (Lipinski definition) is 6. The summed E-state index contributed by atoms with van der Waals surface area (Å²) < 4.78 is 1.78. The van der Waals surface area contributed by atoms with E-state index in [9.17, 15) is 4.79 Å². The van der Waals surface area contributed by atoms with Crippen molar-refractivity contribution in [1.82, 2.24) is 24.6 Å². The minimum absolute atomic E-state index is 0.00203. The molecule has 1 aliphatic rings. The summed E-state index contributed by atoms with van der Waals surface area (Å²) in [6.45, 7) is 7.78. The topological polar surface area (TPSA) is 102 Å². The lowest BCUT2D eigenvalue weighted by Crippen LogP contribution is -2.41. The fourth-order valence-electron chi connectivity index (χ4n) is 3.43. The zero-order chi connectivity index (χ0) is 18.7. The molecular weight excluding hydrogens is 330 g/mol. The summed E-state index contributed by atoms with van der Waals surface area (Å²) in [5.74, 6) is 1.76. The van der Waals surface area contributed by atoms with Gasteiger partial charge in [-0.1, -0.05) is 13.8 Å². The molecule has 1 atom stereocenters. The molecule has 2 aromatic heterocycles. The Morgan fingerprint density at radius 3 is 2.96 bits per heavy atom. The Kier molecular flexibility index (Phi) is 5.70. The highest BCUT2D eigenvalue weighted by molar-refractivity contribution is 5.86. The van der Waals surface area contributed by atoms with Crippen LogP contribution in [-0.2, 0) is 11.8 Å². The molecule has 0 bridgehead atoms. The maximum absolute atomic E-state index is 11.4. The van der Waals surface area contributed by atoms with E-state index < -0.39 is 0 Å². The zero-order valence-corrected chi connectivity index (χ0v) is 15.9. The molecule has 1 fully saturated rings. The third kappa shape index (κ3) is 4.12. The number of amides is 1. The Morgan fingerprint density at radius 2 is 2.23 bits per heavy atom. The second-order valence-electron chi connectivity index (χ2n) is 7.41. The number of carbonyl (C=O) groups excluding carboxylic acids is 1. The van der Waals surface area contributed by atoms with Gasteiger partial charge >= 0.3 is 0 Å². The number of nitrogens with one attached hydrogen (secondary N) is 1. The first-order valence-corrected chi connectivity index (χ1v) is 9.41. The van der Waals surface area contributed by atoms with Crippen molar-refractivity contribution < 1.29 is 4.79 Å². The molecule has 0 aliphatic carbocycles. The number of hydrogen-bond donors (Lipinski definition) is 2. The van der Waals surface area contributed by atoms with Gasteiger partial charge in [-0.15, -0.1) is 0 Å². The molecule has 3 rings (SSSR count). The number of aryl methyl sites for hydroxylation is 1. The van der Waals surface area contributed by atoms with Crippen LogP contribution in [0.3, 0.4) is 0 Å². The lowest BCUT2D eigenvalue weighted by molar-refractivity contribution is -0.123. The number of nitrogens with two attached hydrogens (primary N) is 1. The van der Waals surface area contributed by atoms with Gasteiger partial charge in [0.15, 0.2) is 5.65 Å². The number of aromatic nitrogens is 4. The Labute approximate surface area is 154 Å². The highest BCUT2D eigenvalue weighted by atomic mass is 16.1. The van der Waals surface area contributed by atoms with Crippen molar-refractivity contribution in [1.29, 1.82) is 0 Å². The Balaban J connectivity index is 1.59. The smallest absolute Gasteiger partial charge is 0.221 e. The van der Waals surface area contributed by atoms with Crippen molar-refractivity contribution in [2.24, 2.45) is 18.7 Å². The summed E-state index contributed by atoms with van der Waals surface area (Å²) in [6, 6.07) is 0.